The molecule has 0 bridgehead atoms. The van der Waals surface area contributed by atoms with E-state index in [1.807, 2.05) is 18.2 Å². The molecule has 116 valence electrons. The minimum Gasteiger partial charge on any atom is -0.493 e. The van der Waals surface area contributed by atoms with E-state index in [2.05, 4.69) is 5.32 Å². The van der Waals surface area contributed by atoms with Gasteiger partial charge in [0.25, 0.3) is 0 Å². The summed E-state index contributed by atoms with van der Waals surface area (Å²) in [5.74, 6) is -0.695. The van der Waals surface area contributed by atoms with E-state index in [0.717, 1.165) is 0 Å². The van der Waals surface area contributed by atoms with Gasteiger partial charge >= 0.3 is 5.97 Å². The third-order valence-electron chi connectivity index (χ3n) is 2.82. The Morgan fingerprint density at radius 2 is 1.95 bits per heavy atom. The molecule has 21 heavy (non-hydrogen) atoms. The lowest BCUT2D eigenvalue weighted by Crippen LogP contribution is -2.41. The van der Waals surface area contributed by atoms with Crippen molar-refractivity contribution in [3.63, 3.8) is 0 Å². The zero-order valence-corrected chi connectivity index (χ0v) is 12.1. The highest BCUT2D eigenvalue weighted by Gasteiger charge is 2.19. The van der Waals surface area contributed by atoms with Crippen LogP contribution in [0.2, 0.25) is 0 Å². The number of carbonyl (C=O) groups excluding carboxylic acids is 1. The van der Waals surface area contributed by atoms with Crippen LogP contribution in [0.5, 0.6) is 5.75 Å². The van der Waals surface area contributed by atoms with Crippen molar-refractivity contribution in [1.29, 1.82) is 0 Å². The van der Waals surface area contributed by atoms with Crippen molar-refractivity contribution in [2.75, 3.05) is 20.3 Å². The average molecular weight is 295 g/mol. The Hall–Kier alpha value is -2.08. The molecule has 0 saturated heterocycles. The highest BCUT2D eigenvalue weighted by Crippen LogP contribution is 2.08. The quantitative estimate of drug-likeness (QED) is 0.638. The number of ether oxygens (including phenoxy) is 2. The number of amides is 1. The lowest BCUT2D eigenvalue weighted by Gasteiger charge is -2.14. The van der Waals surface area contributed by atoms with Crippen LogP contribution in [0, 0.1) is 0 Å². The summed E-state index contributed by atoms with van der Waals surface area (Å²) >= 11 is 0. The van der Waals surface area contributed by atoms with Crippen LogP contribution >= 0.6 is 0 Å². The Kier molecular flexibility index (Phi) is 7.89. The molecule has 1 aromatic carbocycles. The highest BCUT2D eigenvalue weighted by atomic mass is 16.5. The fourth-order valence-electron chi connectivity index (χ4n) is 1.73. The molecule has 1 rings (SSSR count). The Labute approximate surface area is 124 Å². The molecule has 0 aliphatic rings. The molecule has 1 atom stereocenters. The van der Waals surface area contributed by atoms with Gasteiger partial charge in [-0.25, -0.2) is 4.79 Å². The summed E-state index contributed by atoms with van der Waals surface area (Å²) in [6.07, 6.45) is 1.03. The first-order valence-corrected chi connectivity index (χ1v) is 6.82. The van der Waals surface area contributed by atoms with Crippen LogP contribution in [-0.4, -0.2) is 43.3 Å². The number of carboxylic acid groups (broad SMARTS) is 1. The molecule has 0 spiro atoms. The van der Waals surface area contributed by atoms with Crippen LogP contribution in [0.25, 0.3) is 0 Å². The minimum absolute atomic E-state index is 0.114. The molecule has 1 unspecified atom stereocenters. The van der Waals surface area contributed by atoms with Crippen molar-refractivity contribution >= 4 is 11.9 Å². The van der Waals surface area contributed by atoms with E-state index in [-0.39, 0.29) is 18.9 Å². The number of carboxylic acids is 1. The van der Waals surface area contributed by atoms with Gasteiger partial charge in [0, 0.05) is 13.7 Å². The monoisotopic (exact) mass is 295 g/mol. The van der Waals surface area contributed by atoms with E-state index >= 15 is 0 Å². The molecule has 1 aromatic rings. The van der Waals surface area contributed by atoms with Gasteiger partial charge in [0.1, 0.15) is 11.8 Å². The van der Waals surface area contributed by atoms with Gasteiger partial charge in [0.05, 0.1) is 13.0 Å². The van der Waals surface area contributed by atoms with Crippen molar-refractivity contribution < 1.29 is 24.2 Å². The Bertz CT molecular complexity index is 435. The standard InChI is InChI=1S/C15H21NO5/c1-20-10-5-8-13(15(18)19)16-14(17)9-11-21-12-6-3-2-4-7-12/h2-4,6-7,13H,5,8-11H2,1H3,(H,16,17)(H,18,19). The molecule has 6 nitrogen and oxygen atoms in total. The predicted molar refractivity (Wildman–Crippen MR) is 77.2 cm³/mol. The van der Waals surface area contributed by atoms with Crippen molar-refractivity contribution in [2.45, 2.75) is 25.3 Å². The number of benzene rings is 1. The van der Waals surface area contributed by atoms with E-state index in [4.69, 9.17) is 14.6 Å². The molecule has 0 aliphatic carbocycles. The second kappa shape index (κ2) is 9.77. The lowest BCUT2D eigenvalue weighted by atomic mass is 10.1. The van der Waals surface area contributed by atoms with Gasteiger partial charge in [0.2, 0.25) is 5.91 Å². The highest BCUT2D eigenvalue weighted by molar-refractivity contribution is 5.83. The van der Waals surface area contributed by atoms with Crippen molar-refractivity contribution in [3.05, 3.63) is 30.3 Å². The van der Waals surface area contributed by atoms with Crippen LogP contribution < -0.4 is 10.1 Å². The van der Waals surface area contributed by atoms with E-state index in [9.17, 15) is 9.59 Å². The number of nitrogens with one attached hydrogen (secondary N) is 1. The van der Waals surface area contributed by atoms with Crippen molar-refractivity contribution in [2.24, 2.45) is 0 Å². The molecular formula is C15H21NO5. The molecule has 2 N–H and O–H groups in total. The number of rotatable bonds is 10. The predicted octanol–water partition coefficient (Wildman–Crippen LogP) is 1.45. The number of carbonyl (C=O) groups is 2. The maximum Gasteiger partial charge on any atom is 0.326 e. The number of aliphatic carboxylic acids is 1. The SMILES string of the molecule is COCCCC(NC(=O)CCOc1ccccc1)C(=O)O. The fraction of sp³-hybridized carbons (Fsp3) is 0.467. The van der Waals surface area contributed by atoms with Crippen LogP contribution in [0.15, 0.2) is 30.3 Å². The second-order valence-electron chi connectivity index (χ2n) is 4.50. The number of para-hydroxylation sites is 1. The molecule has 0 saturated carbocycles. The van der Waals surface area contributed by atoms with Gasteiger partial charge in [0.15, 0.2) is 0 Å². The largest absolute Gasteiger partial charge is 0.493 e. The number of hydrogen-bond donors (Lipinski definition) is 2. The fourth-order valence-corrected chi connectivity index (χ4v) is 1.73. The first kappa shape index (κ1) is 17.0. The zero-order chi connectivity index (χ0) is 15.5. The van der Waals surface area contributed by atoms with Gasteiger partial charge < -0.3 is 19.9 Å². The van der Waals surface area contributed by atoms with E-state index in [1.54, 1.807) is 19.2 Å². The average Bonchev–Trinajstić information content (AvgIpc) is 2.47. The summed E-state index contributed by atoms with van der Waals surface area (Å²) in [5, 5.41) is 11.5. The summed E-state index contributed by atoms with van der Waals surface area (Å²) in [7, 11) is 1.55. The topological polar surface area (TPSA) is 84.9 Å². The number of methoxy groups -OCH3 is 1. The van der Waals surface area contributed by atoms with E-state index < -0.39 is 12.0 Å². The Morgan fingerprint density at radius 3 is 2.57 bits per heavy atom. The van der Waals surface area contributed by atoms with Crippen LogP contribution in [-0.2, 0) is 14.3 Å². The Balaban J connectivity index is 2.28. The summed E-state index contributed by atoms with van der Waals surface area (Å²) in [4.78, 5) is 22.7. The van der Waals surface area contributed by atoms with Crippen LogP contribution in [0.4, 0.5) is 0 Å². The third-order valence-corrected chi connectivity index (χ3v) is 2.82. The van der Waals surface area contributed by atoms with Crippen LogP contribution in [0.1, 0.15) is 19.3 Å². The summed E-state index contributed by atoms with van der Waals surface area (Å²) in [6, 6.07) is 8.25. The van der Waals surface area contributed by atoms with Crippen molar-refractivity contribution in [1.82, 2.24) is 5.32 Å². The Morgan fingerprint density at radius 1 is 1.24 bits per heavy atom. The van der Waals surface area contributed by atoms with Gasteiger partial charge in [-0.1, -0.05) is 18.2 Å². The smallest absolute Gasteiger partial charge is 0.326 e. The van der Waals surface area contributed by atoms with Gasteiger partial charge in [-0.2, -0.15) is 0 Å². The van der Waals surface area contributed by atoms with E-state index in [0.29, 0.717) is 25.2 Å². The molecule has 0 heterocycles. The van der Waals surface area contributed by atoms with Crippen molar-refractivity contribution in [3.8, 4) is 5.75 Å². The zero-order valence-electron chi connectivity index (χ0n) is 12.1. The number of hydrogen-bond acceptors (Lipinski definition) is 4. The van der Waals surface area contributed by atoms with Gasteiger partial charge in [-0.3, -0.25) is 4.79 Å². The first-order chi connectivity index (χ1) is 10.1. The molecule has 6 heteroatoms. The summed E-state index contributed by atoms with van der Waals surface area (Å²) in [6.45, 7) is 0.678. The van der Waals surface area contributed by atoms with Crippen LogP contribution in [0.3, 0.4) is 0 Å². The first-order valence-electron chi connectivity index (χ1n) is 6.82. The maximum absolute atomic E-state index is 11.7. The molecular weight excluding hydrogens is 274 g/mol. The molecule has 0 aromatic heterocycles. The molecule has 0 radical (unpaired) electrons. The minimum atomic E-state index is -1.04. The molecule has 0 aliphatic heterocycles. The summed E-state index contributed by atoms with van der Waals surface area (Å²) < 4.78 is 10.3. The molecule has 0 fully saturated rings. The summed E-state index contributed by atoms with van der Waals surface area (Å²) in [5.41, 5.74) is 0. The van der Waals surface area contributed by atoms with Gasteiger partial charge in [-0.05, 0) is 25.0 Å². The second-order valence-corrected chi connectivity index (χ2v) is 4.50. The maximum atomic E-state index is 11.7. The molecule has 1 amide bonds. The van der Waals surface area contributed by atoms with E-state index in [1.165, 1.54) is 0 Å². The normalized spacial score (nSPS) is 11.7. The lowest BCUT2D eigenvalue weighted by molar-refractivity contribution is -0.142. The third kappa shape index (κ3) is 7.31. The van der Waals surface area contributed by atoms with Gasteiger partial charge in [-0.15, -0.1) is 0 Å².